The van der Waals surface area contributed by atoms with Crippen LogP contribution >= 0.6 is 0 Å². The van der Waals surface area contributed by atoms with Crippen molar-refractivity contribution >= 4 is 0 Å². The smallest absolute Gasteiger partial charge is 0.187 e. The summed E-state index contributed by atoms with van der Waals surface area (Å²) in [4.78, 5) is 0. The van der Waals surface area contributed by atoms with Crippen LogP contribution in [0.5, 0.6) is 0 Å². The maximum atomic E-state index is 10.3. The molecule has 5 heteroatoms. The van der Waals surface area contributed by atoms with Crippen LogP contribution in [0.25, 0.3) is 0 Å². The zero-order chi connectivity index (χ0) is 38.2. The Morgan fingerprint density at radius 3 is 1.71 bits per heavy atom. The summed E-state index contributed by atoms with van der Waals surface area (Å²) < 4.78 is 11.5. The largest absolute Gasteiger partial charge is 0.388 e. The number of aliphatic hydroxyl groups is 3. The highest BCUT2D eigenvalue weighted by Crippen LogP contribution is 2.40. The first-order valence-corrected chi connectivity index (χ1v) is 18.4. The van der Waals surface area contributed by atoms with E-state index in [1.807, 2.05) is 45.1 Å². The summed E-state index contributed by atoms with van der Waals surface area (Å²) in [6, 6.07) is 0. The van der Waals surface area contributed by atoms with E-state index in [2.05, 4.69) is 127 Å². The van der Waals surface area contributed by atoms with Crippen molar-refractivity contribution in [3.05, 3.63) is 142 Å². The third-order valence-corrected chi connectivity index (χ3v) is 9.27. The van der Waals surface area contributed by atoms with Crippen molar-refractivity contribution in [3.8, 4) is 0 Å². The molecule has 0 bridgehead atoms. The Morgan fingerprint density at radius 2 is 1.20 bits per heavy atom. The SMILES string of the molecule is CC1=C(/C=C/C(C)=C/C=C/C(C)=C/C=C/C=C(C)/C=C/C=C(C)/C=C/C=C(C)/C=C/CC(C)(C)O[C@H]2O[C@@H](C)[C@H](O)[C@@H](O)[C@H]2O)C(C)(C)CCC1. The summed E-state index contributed by atoms with van der Waals surface area (Å²) in [6.07, 6.45) is 34.7. The Labute approximate surface area is 309 Å². The molecule has 0 spiro atoms. The van der Waals surface area contributed by atoms with Crippen molar-refractivity contribution in [1.82, 2.24) is 0 Å². The zero-order valence-corrected chi connectivity index (χ0v) is 33.2. The Morgan fingerprint density at radius 1 is 0.725 bits per heavy atom. The predicted octanol–water partition coefficient (Wildman–Crippen LogP) is 10.6. The van der Waals surface area contributed by atoms with Crippen molar-refractivity contribution in [2.45, 2.75) is 138 Å². The summed E-state index contributed by atoms with van der Waals surface area (Å²) >= 11 is 0. The molecule has 0 saturated carbocycles. The minimum absolute atomic E-state index is 0.268. The van der Waals surface area contributed by atoms with Gasteiger partial charge < -0.3 is 24.8 Å². The summed E-state index contributed by atoms with van der Waals surface area (Å²) in [5.74, 6) is 0. The molecular weight excluding hydrogens is 633 g/mol. The second-order valence-corrected chi connectivity index (χ2v) is 15.4. The number of hydrogen-bond donors (Lipinski definition) is 3. The molecule has 0 unspecified atom stereocenters. The molecule has 2 aliphatic rings. The Balaban J connectivity index is 1.81. The number of hydrogen-bond acceptors (Lipinski definition) is 5. The number of allylic oxidation sites excluding steroid dienone is 23. The second kappa shape index (κ2) is 21.3. The maximum absolute atomic E-state index is 10.3. The van der Waals surface area contributed by atoms with E-state index in [1.165, 1.54) is 47.1 Å². The lowest BCUT2D eigenvalue weighted by molar-refractivity contribution is -0.316. The van der Waals surface area contributed by atoms with Gasteiger partial charge in [-0.15, -0.1) is 0 Å². The predicted molar refractivity (Wildman–Crippen MR) is 216 cm³/mol. The molecule has 0 aromatic heterocycles. The van der Waals surface area contributed by atoms with Crippen molar-refractivity contribution in [1.29, 1.82) is 0 Å². The minimum Gasteiger partial charge on any atom is -0.388 e. The molecule has 2 rings (SSSR count). The van der Waals surface area contributed by atoms with E-state index in [0.29, 0.717) is 6.42 Å². The van der Waals surface area contributed by atoms with Crippen LogP contribution in [0.4, 0.5) is 0 Å². The molecule has 3 N–H and O–H groups in total. The van der Waals surface area contributed by atoms with Gasteiger partial charge in [0.2, 0.25) is 0 Å². The average molecular weight is 699 g/mol. The van der Waals surface area contributed by atoms with Gasteiger partial charge in [0.05, 0.1) is 11.7 Å². The van der Waals surface area contributed by atoms with Gasteiger partial charge >= 0.3 is 0 Å². The minimum atomic E-state index is -1.31. The Hall–Kier alpha value is -3.32. The quantitative estimate of drug-likeness (QED) is 0.148. The van der Waals surface area contributed by atoms with Crippen LogP contribution in [0.15, 0.2) is 142 Å². The van der Waals surface area contributed by atoms with Gasteiger partial charge in [-0.05, 0) is 99.0 Å². The monoisotopic (exact) mass is 698 g/mol. The van der Waals surface area contributed by atoms with Gasteiger partial charge in [-0.1, -0.05) is 151 Å². The van der Waals surface area contributed by atoms with Crippen LogP contribution in [-0.4, -0.2) is 51.6 Å². The van der Waals surface area contributed by atoms with Crippen LogP contribution in [0.3, 0.4) is 0 Å². The standard InChI is InChI=1S/C46H66O5/c1-33(19-12-13-20-34(2)22-16-26-37(5)29-30-40-38(6)28-18-31-45(40,8)9)21-14-23-35(3)24-15-25-36(4)27-17-32-46(10,11)51-44-43(49)42(48)41(47)39(7)50-44/h12-17,19-27,29-30,39,41-44,47-49H,18,28,31-32H2,1-11H3/b13-12+,21-14+,22-16+,24-15+,27-17+,30-29+,33-19+,34-20+,35-23+,36-25+,37-26+/t39-,41-,42+,43+,44+/m0/s1. The Kier molecular flexibility index (Phi) is 18.3. The molecule has 1 saturated heterocycles. The van der Waals surface area contributed by atoms with Crippen molar-refractivity contribution < 1.29 is 24.8 Å². The van der Waals surface area contributed by atoms with Crippen molar-refractivity contribution in [3.63, 3.8) is 0 Å². The number of rotatable bonds is 15. The summed E-state index contributed by atoms with van der Waals surface area (Å²) in [5, 5.41) is 30.2. The zero-order valence-electron chi connectivity index (χ0n) is 33.2. The average Bonchev–Trinajstić information content (AvgIpc) is 3.04. The van der Waals surface area contributed by atoms with Crippen LogP contribution in [0.1, 0.15) is 102 Å². The first kappa shape index (κ1) is 43.8. The second-order valence-electron chi connectivity index (χ2n) is 15.4. The first-order chi connectivity index (χ1) is 23.9. The summed E-state index contributed by atoms with van der Waals surface area (Å²) in [6.45, 7) is 22.9. The molecule has 1 heterocycles. The van der Waals surface area contributed by atoms with E-state index < -0.39 is 36.3 Å². The highest BCUT2D eigenvalue weighted by molar-refractivity contribution is 5.37. The molecule has 1 aliphatic heterocycles. The first-order valence-electron chi connectivity index (χ1n) is 18.4. The van der Waals surface area contributed by atoms with Gasteiger partial charge in [-0.3, -0.25) is 0 Å². The molecule has 5 nitrogen and oxygen atoms in total. The Bertz CT molecular complexity index is 1510. The van der Waals surface area contributed by atoms with Gasteiger partial charge in [0, 0.05) is 0 Å². The number of ether oxygens (including phenoxy) is 2. The molecule has 5 atom stereocenters. The summed E-state index contributed by atoms with van der Waals surface area (Å²) in [5.41, 5.74) is 8.49. The van der Waals surface area contributed by atoms with E-state index in [9.17, 15) is 15.3 Å². The normalized spacial score (nSPS) is 26.9. The maximum Gasteiger partial charge on any atom is 0.187 e. The molecule has 0 radical (unpaired) electrons. The van der Waals surface area contributed by atoms with Gasteiger partial charge in [-0.25, -0.2) is 0 Å². The lowest BCUT2D eigenvalue weighted by Gasteiger charge is -2.42. The molecule has 280 valence electrons. The van der Waals surface area contributed by atoms with Gasteiger partial charge in [0.1, 0.15) is 18.3 Å². The van der Waals surface area contributed by atoms with Crippen LogP contribution < -0.4 is 0 Å². The molecule has 51 heavy (non-hydrogen) atoms. The topological polar surface area (TPSA) is 79.2 Å². The highest BCUT2D eigenvalue weighted by atomic mass is 16.7. The molecule has 0 amide bonds. The van der Waals surface area contributed by atoms with Crippen LogP contribution in [0.2, 0.25) is 0 Å². The molecule has 0 aromatic carbocycles. The summed E-state index contributed by atoms with van der Waals surface area (Å²) in [7, 11) is 0. The number of aliphatic hydroxyl groups excluding tert-OH is 3. The van der Waals surface area contributed by atoms with E-state index >= 15 is 0 Å². The highest BCUT2D eigenvalue weighted by Gasteiger charge is 2.44. The fraction of sp³-hybridized carbons (Fsp3) is 0.478. The molecule has 1 aliphatic carbocycles. The van der Waals surface area contributed by atoms with Crippen LogP contribution in [-0.2, 0) is 9.47 Å². The van der Waals surface area contributed by atoms with Crippen molar-refractivity contribution in [2.24, 2.45) is 5.41 Å². The fourth-order valence-corrected chi connectivity index (χ4v) is 5.97. The lowest BCUT2D eigenvalue weighted by Crippen LogP contribution is -2.58. The van der Waals surface area contributed by atoms with Gasteiger partial charge in [0.15, 0.2) is 6.29 Å². The van der Waals surface area contributed by atoms with Gasteiger partial charge in [0.25, 0.3) is 0 Å². The van der Waals surface area contributed by atoms with E-state index in [4.69, 9.17) is 9.47 Å². The third-order valence-electron chi connectivity index (χ3n) is 9.27. The molecular formula is C46H66O5. The van der Waals surface area contributed by atoms with E-state index in [0.717, 1.165) is 11.1 Å². The van der Waals surface area contributed by atoms with Crippen molar-refractivity contribution in [2.75, 3.05) is 0 Å². The van der Waals surface area contributed by atoms with E-state index in [-0.39, 0.29) is 5.41 Å². The van der Waals surface area contributed by atoms with Crippen LogP contribution in [0, 0.1) is 5.41 Å². The lowest BCUT2D eigenvalue weighted by atomic mass is 9.72. The molecule has 0 aromatic rings. The van der Waals surface area contributed by atoms with Gasteiger partial charge in [-0.2, -0.15) is 0 Å². The third kappa shape index (κ3) is 16.3. The fourth-order valence-electron chi connectivity index (χ4n) is 5.97. The van der Waals surface area contributed by atoms with E-state index in [1.54, 1.807) is 6.92 Å². The molecule has 1 fully saturated rings.